The molecular weight excluding hydrogens is 325 g/mol. The third-order valence-electron chi connectivity index (χ3n) is 2.86. The first kappa shape index (κ1) is 14.5. The first-order valence-corrected chi connectivity index (χ1v) is 6.75. The minimum atomic E-state index is -0.724. The molecule has 5 heteroatoms. The monoisotopic (exact) mass is 337 g/mol. The zero-order valence-electron chi connectivity index (χ0n) is 10.8. The Balaban J connectivity index is 2.14. The fourth-order valence-electron chi connectivity index (χ4n) is 1.82. The highest BCUT2D eigenvalue weighted by Crippen LogP contribution is 2.18. The minimum Gasteiger partial charge on any atom is -0.508 e. The molecule has 0 aliphatic carbocycles. The molecule has 0 bridgehead atoms. The lowest BCUT2D eigenvalue weighted by Gasteiger charge is -2.17. The lowest BCUT2D eigenvalue weighted by molar-refractivity contribution is 0.0780. The van der Waals surface area contributed by atoms with Gasteiger partial charge in [0.05, 0.1) is 5.56 Å². The minimum absolute atomic E-state index is 0.0533. The van der Waals surface area contributed by atoms with Gasteiger partial charge in [-0.1, -0.05) is 28.1 Å². The molecule has 0 heterocycles. The van der Waals surface area contributed by atoms with E-state index in [0.29, 0.717) is 6.54 Å². The summed E-state index contributed by atoms with van der Waals surface area (Å²) in [5.41, 5.74) is 0.894. The molecule has 0 aliphatic heterocycles. The summed E-state index contributed by atoms with van der Waals surface area (Å²) in [6.07, 6.45) is 0. The van der Waals surface area contributed by atoms with Crippen LogP contribution in [0.3, 0.4) is 0 Å². The summed E-state index contributed by atoms with van der Waals surface area (Å²) in [6.45, 7) is 0.381. The van der Waals surface area contributed by atoms with E-state index in [0.717, 1.165) is 16.1 Å². The average molecular weight is 338 g/mol. The molecule has 0 unspecified atom stereocenters. The molecule has 1 N–H and O–H groups in total. The van der Waals surface area contributed by atoms with E-state index in [2.05, 4.69) is 15.9 Å². The van der Waals surface area contributed by atoms with Crippen molar-refractivity contribution < 1.29 is 14.3 Å². The second-order valence-electron chi connectivity index (χ2n) is 4.45. The summed E-state index contributed by atoms with van der Waals surface area (Å²) in [6, 6.07) is 11.1. The first-order valence-electron chi connectivity index (χ1n) is 5.96. The number of aromatic hydroxyl groups is 1. The molecule has 104 valence electrons. The van der Waals surface area contributed by atoms with Gasteiger partial charge in [-0.05, 0) is 29.8 Å². The van der Waals surface area contributed by atoms with Crippen molar-refractivity contribution in [3.63, 3.8) is 0 Å². The van der Waals surface area contributed by atoms with Gasteiger partial charge in [0.2, 0.25) is 0 Å². The maximum Gasteiger partial charge on any atom is 0.256 e. The Morgan fingerprint density at radius 3 is 2.50 bits per heavy atom. The van der Waals surface area contributed by atoms with E-state index < -0.39 is 11.7 Å². The molecule has 2 aromatic rings. The Morgan fingerprint density at radius 2 is 1.90 bits per heavy atom. The van der Waals surface area contributed by atoms with Crippen LogP contribution in [0.1, 0.15) is 15.9 Å². The second-order valence-corrected chi connectivity index (χ2v) is 5.37. The van der Waals surface area contributed by atoms with Gasteiger partial charge >= 0.3 is 0 Å². The van der Waals surface area contributed by atoms with Crippen molar-refractivity contribution in [2.24, 2.45) is 0 Å². The number of benzene rings is 2. The smallest absolute Gasteiger partial charge is 0.256 e. The fourth-order valence-corrected chi connectivity index (χ4v) is 2.08. The number of carbonyl (C=O) groups excluding carboxylic acids is 1. The van der Waals surface area contributed by atoms with E-state index in [-0.39, 0.29) is 11.3 Å². The van der Waals surface area contributed by atoms with Gasteiger partial charge in [0.25, 0.3) is 5.91 Å². The number of rotatable bonds is 3. The van der Waals surface area contributed by atoms with Crippen LogP contribution in [-0.2, 0) is 6.54 Å². The van der Waals surface area contributed by atoms with Gasteiger partial charge in [-0.2, -0.15) is 0 Å². The zero-order valence-corrected chi connectivity index (χ0v) is 12.4. The van der Waals surface area contributed by atoms with E-state index in [9.17, 15) is 9.18 Å². The summed E-state index contributed by atoms with van der Waals surface area (Å²) >= 11 is 3.34. The van der Waals surface area contributed by atoms with Crippen LogP contribution in [-0.4, -0.2) is 23.0 Å². The number of carbonyl (C=O) groups is 1. The van der Waals surface area contributed by atoms with Crippen LogP contribution in [0.15, 0.2) is 46.9 Å². The van der Waals surface area contributed by atoms with Crippen molar-refractivity contribution in [2.45, 2.75) is 6.54 Å². The first-order chi connectivity index (χ1) is 9.47. The van der Waals surface area contributed by atoms with E-state index in [1.165, 1.54) is 17.0 Å². The zero-order chi connectivity index (χ0) is 14.7. The van der Waals surface area contributed by atoms with Crippen LogP contribution in [0.2, 0.25) is 0 Å². The highest BCUT2D eigenvalue weighted by atomic mass is 79.9. The Labute approximate surface area is 124 Å². The molecule has 0 aromatic heterocycles. The van der Waals surface area contributed by atoms with Gasteiger partial charge in [-0.25, -0.2) is 4.39 Å². The van der Waals surface area contributed by atoms with Gasteiger partial charge < -0.3 is 10.0 Å². The number of hydrogen-bond acceptors (Lipinski definition) is 2. The summed E-state index contributed by atoms with van der Waals surface area (Å²) in [4.78, 5) is 13.6. The van der Waals surface area contributed by atoms with E-state index in [1.807, 2.05) is 24.3 Å². The predicted octanol–water partition coefficient (Wildman–Crippen LogP) is 3.57. The number of hydrogen-bond donors (Lipinski definition) is 1. The molecule has 0 spiro atoms. The predicted molar refractivity (Wildman–Crippen MR) is 78.0 cm³/mol. The Kier molecular flexibility index (Phi) is 4.39. The maximum atomic E-state index is 13.6. The van der Waals surface area contributed by atoms with Crippen LogP contribution < -0.4 is 0 Å². The molecule has 2 aromatic carbocycles. The van der Waals surface area contributed by atoms with Gasteiger partial charge in [-0.15, -0.1) is 0 Å². The molecule has 0 fully saturated rings. The highest BCUT2D eigenvalue weighted by Gasteiger charge is 2.16. The number of amides is 1. The third kappa shape index (κ3) is 3.36. The van der Waals surface area contributed by atoms with Crippen molar-refractivity contribution in [1.82, 2.24) is 4.90 Å². The number of phenols is 1. The Morgan fingerprint density at radius 1 is 1.25 bits per heavy atom. The largest absolute Gasteiger partial charge is 0.508 e. The second kappa shape index (κ2) is 6.05. The highest BCUT2D eigenvalue weighted by molar-refractivity contribution is 9.10. The number of nitrogens with zero attached hydrogens (tertiary/aromatic N) is 1. The average Bonchev–Trinajstić information content (AvgIpc) is 2.40. The molecule has 0 saturated carbocycles. The van der Waals surface area contributed by atoms with Crippen molar-refractivity contribution in [1.29, 1.82) is 0 Å². The lowest BCUT2D eigenvalue weighted by Crippen LogP contribution is -2.27. The molecule has 2 rings (SSSR count). The Hall–Kier alpha value is -1.88. The fraction of sp³-hybridized carbons (Fsp3) is 0.133. The van der Waals surface area contributed by atoms with Crippen LogP contribution in [0, 0.1) is 5.82 Å². The summed E-state index contributed by atoms with van der Waals surface area (Å²) in [5, 5.41) is 9.15. The summed E-state index contributed by atoms with van der Waals surface area (Å²) < 4.78 is 14.6. The van der Waals surface area contributed by atoms with E-state index >= 15 is 0 Å². The van der Waals surface area contributed by atoms with Crippen LogP contribution in [0.25, 0.3) is 0 Å². The molecule has 1 amide bonds. The molecule has 0 atom stereocenters. The summed E-state index contributed by atoms with van der Waals surface area (Å²) in [7, 11) is 1.61. The maximum absolute atomic E-state index is 13.6. The molecule has 0 radical (unpaired) electrons. The van der Waals surface area contributed by atoms with Crippen LogP contribution >= 0.6 is 15.9 Å². The van der Waals surface area contributed by atoms with E-state index in [1.54, 1.807) is 7.05 Å². The molecule has 20 heavy (non-hydrogen) atoms. The topological polar surface area (TPSA) is 40.5 Å². The number of halogens is 2. The molecule has 0 aliphatic rings. The summed E-state index contributed by atoms with van der Waals surface area (Å²) in [5.74, 6) is -1.35. The molecule has 0 saturated heterocycles. The van der Waals surface area contributed by atoms with Crippen molar-refractivity contribution in [2.75, 3.05) is 7.05 Å². The standard InChI is InChI=1S/C15H13BrFNO2/c1-18(9-10-2-4-11(16)5-3-10)15(20)13-7-6-12(19)8-14(13)17/h2-8,19H,9H2,1H3. The molecular formula is C15H13BrFNO2. The SMILES string of the molecule is CN(Cc1ccc(Br)cc1)C(=O)c1ccc(O)cc1F. The lowest BCUT2D eigenvalue weighted by atomic mass is 10.1. The van der Waals surface area contributed by atoms with Gasteiger partial charge in [0.15, 0.2) is 0 Å². The number of phenolic OH excluding ortho intramolecular Hbond substituents is 1. The Bertz CT molecular complexity index is 628. The van der Waals surface area contributed by atoms with E-state index in [4.69, 9.17) is 5.11 Å². The van der Waals surface area contributed by atoms with Crippen LogP contribution in [0.5, 0.6) is 5.75 Å². The van der Waals surface area contributed by atoms with Crippen molar-refractivity contribution in [3.05, 3.63) is 63.9 Å². The molecule has 3 nitrogen and oxygen atoms in total. The van der Waals surface area contributed by atoms with Gasteiger partial charge in [0, 0.05) is 24.1 Å². The normalized spacial score (nSPS) is 10.3. The van der Waals surface area contributed by atoms with Gasteiger partial charge in [0.1, 0.15) is 11.6 Å². The van der Waals surface area contributed by atoms with Crippen LogP contribution in [0.4, 0.5) is 4.39 Å². The van der Waals surface area contributed by atoms with Crippen molar-refractivity contribution >= 4 is 21.8 Å². The van der Waals surface area contributed by atoms with Crippen molar-refractivity contribution in [3.8, 4) is 5.75 Å². The quantitative estimate of drug-likeness (QED) is 0.930. The van der Waals surface area contributed by atoms with Gasteiger partial charge in [-0.3, -0.25) is 4.79 Å². The third-order valence-corrected chi connectivity index (χ3v) is 3.39.